The quantitative estimate of drug-likeness (QED) is 0.723. The Hall–Kier alpha value is -2.80. The minimum absolute atomic E-state index is 0.0117. The third-order valence-corrected chi connectivity index (χ3v) is 6.16. The van der Waals surface area contributed by atoms with Crippen molar-refractivity contribution in [2.45, 2.75) is 44.2 Å². The Kier molecular flexibility index (Phi) is 4.97. The Balaban J connectivity index is 1.29. The highest BCUT2D eigenvalue weighted by atomic mass is 16.5. The number of nitrogens with one attached hydrogen (secondary N) is 1. The van der Waals surface area contributed by atoms with Crippen molar-refractivity contribution in [3.05, 3.63) is 54.2 Å². The number of pyridine rings is 2. The van der Waals surface area contributed by atoms with Crippen LogP contribution in [0.4, 0.5) is 0 Å². The largest absolute Gasteiger partial charge is 0.379 e. The standard InChI is InChI=1S/C22H25N5O2/c28-22(26-20-13-29-12-17(20)9-15-5-7-23-8-6-15)16-10-19-21(24-11-16)27(14-25-19)18-3-1-2-4-18/h5-8,10-11,14,17-18,20H,1-4,9,12-13H2,(H,26,28)/t17-,20+/m1/s1. The number of hydrogen-bond acceptors (Lipinski definition) is 5. The first-order valence-corrected chi connectivity index (χ1v) is 10.4. The van der Waals surface area contributed by atoms with Gasteiger partial charge in [-0.1, -0.05) is 12.8 Å². The predicted octanol–water partition coefficient (Wildman–Crippen LogP) is 2.93. The van der Waals surface area contributed by atoms with E-state index in [1.54, 1.807) is 18.6 Å². The maximum atomic E-state index is 12.9. The molecule has 0 bridgehead atoms. The van der Waals surface area contributed by atoms with E-state index >= 15 is 0 Å². The maximum Gasteiger partial charge on any atom is 0.253 e. The summed E-state index contributed by atoms with van der Waals surface area (Å²) in [6, 6.07) is 6.33. The lowest BCUT2D eigenvalue weighted by atomic mass is 9.95. The molecule has 150 valence electrons. The zero-order valence-corrected chi connectivity index (χ0v) is 16.3. The summed E-state index contributed by atoms with van der Waals surface area (Å²) in [6.45, 7) is 1.18. The van der Waals surface area contributed by atoms with Gasteiger partial charge in [-0.25, -0.2) is 9.97 Å². The second kappa shape index (κ2) is 7.91. The number of carbonyl (C=O) groups is 1. The minimum atomic E-state index is -0.120. The molecule has 5 rings (SSSR count). The molecule has 0 spiro atoms. The lowest BCUT2D eigenvalue weighted by molar-refractivity contribution is 0.0925. The van der Waals surface area contributed by atoms with Crippen LogP contribution in [-0.4, -0.2) is 44.7 Å². The molecule has 1 amide bonds. The third-order valence-electron chi connectivity index (χ3n) is 6.16. The monoisotopic (exact) mass is 391 g/mol. The van der Waals surface area contributed by atoms with Gasteiger partial charge in [0, 0.05) is 30.6 Å². The number of ether oxygens (including phenoxy) is 1. The average molecular weight is 391 g/mol. The molecule has 1 aliphatic heterocycles. The maximum absolute atomic E-state index is 12.9. The molecule has 2 atom stereocenters. The van der Waals surface area contributed by atoms with Crippen molar-refractivity contribution in [1.29, 1.82) is 0 Å². The van der Waals surface area contributed by atoms with E-state index in [2.05, 4.69) is 24.8 Å². The number of fused-ring (bicyclic) bond motifs is 1. The highest BCUT2D eigenvalue weighted by Gasteiger charge is 2.30. The highest BCUT2D eigenvalue weighted by molar-refractivity contribution is 5.96. The molecular formula is C22H25N5O2. The van der Waals surface area contributed by atoms with E-state index in [-0.39, 0.29) is 17.9 Å². The topological polar surface area (TPSA) is 81.9 Å². The molecule has 0 aromatic carbocycles. The minimum Gasteiger partial charge on any atom is -0.379 e. The van der Waals surface area contributed by atoms with Crippen LogP contribution in [0.15, 0.2) is 43.1 Å². The highest BCUT2D eigenvalue weighted by Crippen LogP contribution is 2.31. The molecule has 2 fully saturated rings. The molecule has 0 unspecified atom stereocenters. The van der Waals surface area contributed by atoms with Crippen LogP contribution in [0.1, 0.15) is 47.6 Å². The van der Waals surface area contributed by atoms with Crippen molar-refractivity contribution in [3.8, 4) is 0 Å². The number of carbonyl (C=O) groups excluding carboxylic acids is 1. The van der Waals surface area contributed by atoms with E-state index in [0.717, 1.165) is 17.6 Å². The predicted molar refractivity (Wildman–Crippen MR) is 109 cm³/mol. The van der Waals surface area contributed by atoms with Crippen LogP contribution in [0.2, 0.25) is 0 Å². The number of nitrogens with zero attached hydrogens (tertiary/aromatic N) is 4. The summed E-state index contributed by atoms with van der Waals surface area (Å²) < 4.78 is 7.81. The fourth-order valence-corrected chi connectivity index (χ4v) is 4.53. The van der Waals surface area contributed by atoms with Gasteiger partial charge in [0.2, 0.25) is 0 Å². The summed E-state index contributed by atoms with van der Waals surface area (Å²) in [5, 5.41) is 3.14. The Morgan fingerprint density at radius 1 is 1.17 bits per heavy atom. The van der Waals surface area contributed by atoms with Crippen molar-refractivity contribution in [1.82, 2.24) is 24.8 Å². The number of rotatable bonds is 5. The van der Waals surface area contributed by atoms with Gasteiger partial charge in [-0.15, -0.1) is 0 Å². The van der Waals surface area contributed by atoms with Crippen molar-refractivity contribution >= 4 is 17.1 Å². The van der Waals surface area contributed by atoms with Gasteiger partial charge in [-0.2, -0.15) is 0 Å². The average Bonchev–Trinajstić information content (AvgIpc) is 3.49. The Labute approximate surface area is 169 Å². The van der Waals surface area contributed by atoms with Gasteiger partial charge in [-0.3, -0.25) is 9.78 Å². The molecule has 1 saturated heterocycles. The van der Waals surface area contributed by atoms with Gasteiger partial charge in [-0.05, 0) is 43.0 Å². The Morgan fingerprint density at radius 2 is 2.00 bits per heavy atom. The van der Waals surface area contributed by atoms with Crippen molar-refractivity contribution in [3.63, 3.8) is 0 Å². The number of amides is 1. The second-order valence-electron chi connectivity index (χ2n) is 8.09. The van der Waals surface area contributed by atoms with E-state index in [9.17, 15) is 4.79 Å². The second-order valence-corrected chi connectivity index (χ2v) is 8.09. The molecular weight excluding hydrogens is 366 g/mol. The fraction of sp³-hybridized carbons (Fsp3) is 0.455. The zero-order valence-electron chi connectivity index (χ0n) is 16.3. The number of imidazole rings is 1. The van der Waals surface area contributed by atoms with Crippen molar-refractivity contribution in [2.24, 2.45) is 5.92 Å². The first-order chi connectivity index (χ1) is 14.3. The molecule has 7 nitrogen and oxygen atoms in total. The summed E-state index contributed by atoms with van der Waals surface area (Å²) in [5.41, 5.74) is 3.40. The van der Waals surface area contributed by atoms with Gasteiger partial charge in [0.05, 0.1) is 31.1 Å². The van der Waals surface area contributed by atoms with Gasteiger partial charge >= 0.3 is 0 Å². The van der Waals surface area contributed by atoms with E-state index in [4.69, 9.17) is 4.74 Å². The van der Waals surface area contributed by atoms with Crippen LogP contribution in [0.25, 0.3) is 11.2 Å². The summed E-state index contributed by atoms with van der Waals surface area (Å²) >= 11 is 0. The molecule has 3 aromatic rings. The van der Waals surface area contributed by atoms with Gasteiger partial charge < -0.3 is 14.6 Å². The zero-order chi connectivity index (χ0) is 19.6. The van der Waals surface area contributed by atoms with Crippen LogP contribution in [-0.2, 0) is 11.2 Å². The van der Waals surface area contributed by atoms with E-state index in [0.29, 0.717) is 24.8 Å². The Bertz CT molecular complexity index is 997. The van der Waals surface area contributed by atoms with E-state index in [1.807, 2.05) is 24.5 Å². The van der Waals surface area contributed by atoms with Gasteiger partial charge in [0.15, 0.2) is 5.65 Å². The molecule has 1 saturated carbocycles. The number of hydrogen-bond donors (Lipinski definition) is 1. The summed E-state index contributed by atoms with van der Waals surface area (Å²) in [5.74, 6) is 0.129. The molecule has 2 aliphatic rings. The van der Waals surface area contributed by atoms with Crippen LogP contribution in [0.5, 0.6) is 0 Å². The lowest BCUT2D eigenvalue weighted by Crippen LogP contribution is -2.40. The van der Waals surface area contributed by atoms with Crippen LogP contribution in [0, 0.1) is 5.92 Å². The smallest absolute Gasteiger partial charge is 0.253 e. The van der Waals surface area contributed by atoms with Crippen LogP contribution < -0.4 is 5.32 Å². The van der Waals surface area contributed by atoms with Crippen LogP contribution in [0.3, 0.4) is 0 Å². The summed E-state index contributed by atoms with van der Waals surface area (Å²) in [6.07, 6.45) is 12.9. The number of aromatic nitrogens is 4. The first kappa shape index (κ1) is 18.2. The lowest BCUT2D eigenvalue weighted by Gasteiger charge is -2.19. The summed E-state index contributed by atoms with van der Waals surface area (Å²) in [4.78, 5) is 26.0. The molecule has 4 heterocycles. The van der Waals surface area contributed by atoms with E-state index in [1.165, 1.54) is 31.2 Å². The van der Waals surface area contributed by atoms with Crippen molar-refractivity contribution < 1.29 is 9.53 Å². The molecule has 7 heteroatoms. The third kappa shape index (κ3) is 3.74. The molecule has 0 radical (unpaired) electrons. The molecule has 1 aliphatic carbocycles. The summed E-state index contributed by atoms with van der Waals surface area (Å²) in [7, 11) is 0. The molecule has 3 aromatic heterocycles. The SMILES string of the molecule is O=C(N[C@H]1COC[C@H]1Cc1ccncc1)c1cnc2c(c1)ncn2C1CCCC1. The molecule has 29 heavy (non-hydrogen) atoms. The molecule has 1 N–H and O–H groups in total. The van der Waals surface area contributed by atoms with E-state index < -0.39 is 0 Å². The normalized spacial score (nSPS) is 22.3. The van der Waals surface area contributed by atoms with Crippen molar-refractivity contribution in [2.75, 3.05) is 13.2 Å². The first-order valence-electron chi connectivity index (χ1n) is 10.4. The Morgan fingerprint density at radius 3 is 2.83 bits per heavy atom. The van der Waals surface area contributed by atoms with Crippen LogP contribution >= 0.6 is 0 Å². The fourth-order valence-electron chi connectivity index (χ4n) is 4.53. The van der Waals surface area contributed by atoms with Gasteiger partial charge in [0.1, 0.15) is 5.52 Å². The van der Waals surface area contributed by atoms with Gasteiger partial charge in [0.25, 0.3) is 5.91 Å².